The molecule has 1 aromatic rings. The number of allylic oxidation sites excluding steroid dienone is 1. The maximum atomic E-state index is 12.2. The van der Waals surface area contributed by atoms with Crippen LogP contribution in [0.2, 0.25) is 0 Å². The molecular formula is C12H15N3O3S. The molecule has 1 amide bonds. The first kappa shape index (κ1) is 12.4. The Labute approximate surface area is 111 Å². The highest BCUT2D eigenvalue weighted by Gasteiger charge is 2.28. The summed E-state index contributed by atoms with van der Waals surface area (Å²) in [5.41, 5.74) is 2.00. The lowest BCUT2D eigenvalue weighted by atomic mass is 10.1. The molecule has 0 aromatic carbocycles. The summed E-state index contributed by atoms with van der Waals surface area (Å²) in [5, 5.41) is 1.22. The zero-order valence-corrected chi connectivity index (χ0v) is 11.2. The van der Waals surface area contributed by atoms with Gasteiger partial charge in [-0.05, 0) is 0 Å². The molecule has 3 heterocycles. The van der Waals surface area contributed by atoms with Crippen molar-refractivity contribution in [3.8, 4) is 0 Å². The van der Waals surface area contributed by atoms with E-state index < -0.39 is 9.84 Å². The second-order valence-corrected chi connectivity index (χ2v) is 6.95. The summed E-state index contributed by atoms with van der Waals surface area (Å²) in [5.74, 6) is -0.116. The number of aromatic amines is 1. The fraction of sp³-hybridized carbons (Fsp3) is 0.500. The molecular weight excluding hydrogens is 266 g/mol. The lowest BCUT2D eigenvalue weighted by Crippen LogP contribution is -2.37. The molecule has 2 aliphatic heterocycles. The zero-order valence-electron chi connectivity index (χ0n) is 10.4. The van der Waals surface area contributed by atoms with Crippen LogP contribution in [0.15, 0.2) is 17.8 Å². The van der Waals surface area contributed by atoms with Gasteiger partial charge in [0, 0.05) is 30.7 Å². The van der Waals surface area contributed by atoms with Gasteiger partial charge in [0.2, 0.25) is 5.91 Å². The molecule has 0 spiro atoms. The average Bonchev–Trinajstić information content (AvgIpc) is 2.94. The van der Waals surface area contributed by atoms with Crippen molar-refractivity contribution in [1.29, 1.82) is 0 Å². The zero-order chi connectivity index (χ0) is 13.5. The topological polar surface area (TPSA) is 83.1 Å². The Bertz CT molecular complexity index is 632. The third-order valence-corrected chi connectivity index (χ3v) is 5.03. The Balaban J connectivity index is 1.62. The van der Waals surface area contributed by atoms with E-state index in [2.05, 4.69) is 9.97 Å². The Morgan fingerprint density at radius 3 is 3.11 bits per heavy atom. The van der Waals surface area contributed by atoms with Crippen molar-refractivity contribution >= 4 is 15.7 Å². The van der Waals surface area contributed by atoms with E-state index in [1.54, 1.807) is 17.3 Å². The first-order valence-corrected chi connectivity index (χ1v) is 7.95. The fourth-order valence-corrected chi connectivity index (χ4v) is 3.94. The molecule has 6 nitrogen and oxygen atoms in total. The number of imidazole rings is 1. The van der Waals surface area contributed by atoms with Crippen LogP contribution >= 0.6 is 0 Å². The summed E-state index contributed by atoms with van der Waals surface area (Å²) >= 11 is 0. The maximum Gasteiger partial charge on any atom is 0.223 e. The molecule has 1 aromatic heterocycles. The van der Waals surface area contributed by atoms with Gasteiger partial charge in [-0.1, -0.05) is 6.08 Å². The minimum absolute atomic E-state index is 0.00648. The van der Waals surface area contributed by atoms with Crippen molar-refractivity contribution in [3.05, 3.63) is 29.2 Å². The third kappa shape index (κ3) is 2.56. The molecule has 0 saturated heterocycles. The van der Waals surface area contributed by atoms with E-state index in [0.29, 0.717) is 13.1 Å². The van der Waals surface area contributed by atoms with E-state index in [1.165, 1.54) is 5.41 Å². The summed E-state index contributed by atoms with van der Waals surface area (Å²) in [6.45, 7) is 1.19. The molecule has 0 bridgehead atoms. The van der Waals surface area contributed by atoms with Crippen LogP contribution < -0.4 is 0 Å². The Kier molecular flexibility index (Phi) is 2.93. The molecule has 7 heteroatoms. The number of nitrogens with zero attached hydrogens (tertiary/aromatic N) is 2. The Morgan fingerprint density at radius 1 is 1.53 bits per heavy atom. The van der Waals surface area contributed by atoms with Gasteiger partial charge in [0.25, 0.3) is 0 Å². The summed E-state index contributed by atoms with van der Waals surface area (Å²) in [6.07, 6.45) is 4.28. The quantitative estimate of drug-likeness (QED) is 0.842. The number of hydrogen-bond acceptors (Lipinski definition) is 4. The van der Waals surface area contributed by atoms with Gasteiger partial charge in [-0.15, -0.1) is 0 Å². The summed E-state index contributed by atoms with van der Waals surface area (Å²) in [6, 6.07) is 0. The molecule has 19 heavy (non-hydrogen) atoms. The normalized spacial score (nSPS) is 24.4. The van der Waals surface area contributed by atoms with Gasteiger partial charge in [-0.25, -0.2) is 13.4 Å². The van der Waals surface area contributed by atoms with Crippen LogP contribution in [0.25, 0.3) is 0 Å². The SMILES string of the molecule is O=C(C[C@@H]1C=CS(=O)(=O)C1)N1CCc2nc[nH]c2C1. The lowest BCUT2D eigenvalue weighted by molar-refractivity contribution is -0.132. The standard InChI is InChI=1S/C12H15N3O3S/c16-12(5-9-2-4-19(17,18)7-9)15-3-1-10-11(6-15)14-8-13-10/h2,4,8-9H,1,3,5-7H2,(H,13,14)/t9-/m0/s1. The highest BCUT2D eigenvalue weighted by molar-refractivity contribution is 7.94. The van der Waals surface area contributed by atoms with E-state index in [9.17, 15) is 13.2 Å². The Hall–Kier alpha value is -1.63. The molecule has 0 fully saturated rings. The minimum atomic E-state index is -3.08. The van der Waals surface area contributed by atoms with Crippen molar-refractivity contribution < 1.29 is 13.2 Å². The second-order valence-electron chi connectivity index (χ2n) is 5.02. The second kappa shape index (κ2) is 4.48. The van der Waals surface area contributed by atoms with Crippen molar-refractivity contribution in [2.45, 2.75) is 19.4 Å². The van der Waals surface area contributed by atoms with Crippen LogP contribution in [0.1, 0.15) is 17.8 Å². The molecule has 102 valence electrons. The summed E-state index contributed by atoms with van der Waals surface area (Å²) in [7, 11) is -3.08. The van der Waals surface area contributed by atoms with E-state index >= 15 is 0 Å². The predicted octanol–water partition coefficient (Wildman–Crippen LogP) is 0.243. The minimum Gasteiger partial charge on any atom is -0.347 e. The molecule has 2 aliphatic rings. The number of nitrogens with one attached hydrogen (secondary N) is 1. The van der Waals surface area contributed by atoms with Gasteiger partial charge in [0.1, 0.15) is 0 Å². The number of carbonyl (C=O) groups is 1. The largest absolute Gasteiger partial charge is 0.347 e. The third-order valence-electron chi connectivity index (χ3n) is 3.57. The van der Waals surface area contributed by atoms with Gasteiger partial charge in [-0.2, -0.15) is 0 Å². The van der Waals surface area contributed by atoms with Crippen LogP contribution in [0.5, 0.6) is 0 Å². The monoisotopic (exact) mass is 281 g/mol. The van der Waals surface area contributed by atoms with E-state index in [-0.39, 0.29) is 24.0 Å². The van der Waals surface area contributed by atoms with Gasteiger partial charge >= 0.3 is 0 Å². The van der Waals surface area contributed by atoms with Crippen molar-refractivity contribution in [1.82, 2.24) is 14.9 Å². The van der Waals surface area contributed by atoms with Crippen LogP contribution in [0, 0.1) is 5.92 Å². The summed E-state index contributed by atoms with van der Waals surface area (Å²) in [4.78, 5) is 21.1. The molecule has 0 aliphatic carbocycles. The number of amides is 1. The predicted molar refractivity (Wildman–Crippen MR) is 68.7 cm³/mol. The Morgan fingerprint density at radius 2 is 2.37 bits per heavy atom. The van der Waals surface area contributed by atoms with Crippen LogP contribution in [-0.4, -0.2) is 41.5 Å². The fourth-order valence-electron chi connectivity index (χ4n) is 2.55. The number of hydrogen-bond donors (Lipinski definition) is 1. The summed E-state index contributed by atoms with van der Waals surface area (Å²) < 4.78 is 22.6. The molecule has 1 N–H and O–H groups in total. The molecule has 0 radical (unpaired) electrons. The van der Waals surface area contributed by atoms with E-state index in [1.807, 2.05) is 0 Å². The van der Waals surface area contributed by atoms with Crippen molar-refractivity contribution in [2.75, 3.05) is 12.3 Å². The van der Waals surface area contributed by atoms with Gasteiger partial charge in [0.05, 0.1) is 30.0 Å². The van der Waals surface area contributed by atoms with Crippen molar-refractivity contribution in [2.24, 2.45) is 5.92 Å². The molecule has 0 saturated carbocycles. The molecule has 3 rings (SSSR count). The smallest absolute Gasteiger partial charge is 0.223 e. The van der Waals surface area contributed by atoms with Gasteiger partial charge in [-0.3, -0.25) is 4.79 Å². The first-order chi connectivity index (χ1) is 9.03. The maximum absolute atomic E-state index is 12.2. The van der Waals surface area contributed by atoms with Gasteiger partial charge in [0.15, 0.2) is 9.84 Å². The number of H-pyrrole nitrogens is 1. The van der Waals surface area contributed by atoms with E-state index in [0.717, 1.165) is 17.8 Å². The lowest BCUT2D eigenvalue weighted by Gasteiger charge is -2.27. The first-order valence-electron chi connectivity index (χ1n) is 6.23. The van der Waals surface area contributed by atoms with Crippen LogP contribution in [0.4, 0.5) is 0 Å². The average molecular weight is 281 g/mol. The van der Waals surface area contributed by atoms with Crippen molar-refractivity contribution in [3.63, 3.8) is 0 Å². The van der Waals surface area contributed by atoms with E-state index in [4.69, 9.17) is 0 Å². The number of fused-ring (bicyclic) bond motifs is 1. The van der Waals surface area contributed by atoms with Crippen LogP contribution in [0.3, 0.4) is 0 Å². The number of aromatic nitrogens is 2. The number of rotatable bonds is 2. The number of carbonyl (C=O) groups excluding carboxylic acids is 1. The molecule has 1 atom stereocenters. The highest BCUT2D eigenvalue weighted by Crippen LogP contribution is 2.21. The number of sulfone groups is 1. The van der Waals surface area contributed by atoms with Crippen LogP contribution in [-0.2, 0) is 27.6 Å². The van der Waals surface area contributed by atoms with Gasteiger partial charge < -0.3 is 9.88 Å². The highest BCUT2D eigenvalue weighted by atomic mass is 32.2. The molecule has 0 unspecified atom stereocenters.